The van der Waals surface area contributed by atoms with Crippen LogP contribution >= 0.6 is 0 Å². The van der Waals surface area contributed by atoms with Gasteiger partial charge < -0.3 is 19.8 Å². The Bertz CT molecular complexity index is 1370. The molecule has 2 amide bonds. The zero-order chi connectivity index (χ0) is 24.9. The zero-order valence-electron chi connectivity index (χ0n) is 18.8. The van der Waals surface area contributed by atoms with Gasteiger partial charge in [-0.15, -0.1) is 0 Å². The molecule has 3 aromatic heterocycles. The van der Waals surface area contributed by atoms with Crippen LogP contribution in [0.1, 0.15) is 32.4 Å². The van der Waals surface area contributed by atoms with Gasteiger partial charge in [-0.1, -0.05) is 0 Å². The van der Waals surface area contributed by atoms with Gasteiger partial charge in [0.05, 0.1) is 23.0 Å². The second kappa shape index (κ2) is 9.91. The summed E-state index contributed by atoms with van der Waals surface area (Å²) >= 11 is 0. The average molecular weight is 479 g/mol. The number of non-ortho nitro benzene ring substituents is 1. The summed E-state index contributed by atoms with van der Waals surface area (Å²) in [6, 6.07) is 8.65. The van der Waals surface area contributed by atoms with Gasteiger partial charge in [-0.3, -0.25) is 29.1 Å². The standard InChI is InChI=1S/C22H21N7O6/c1-27-12-14(10-24-27)9-23-22(31)20-18(11-25-28(20)2)26-21(30)19-8-7-17(35-19)13-34-16-5-3-15(4-6-16)29(32)33/h3-8,10-12H,9,13H2,1-2H3,(H,23,31)(H,26,30). The van der Waals surface area contributed by atoms with Crippen molar-refractivity contribution in [3.63, 3.8) is 0 Å². The molecule has 13 nitrogen and oxygen atoms in total. The van der Waals surface area contributed by atoms with E-state index in [2.05, 4.69) is 20.8 Å². The van der Waals surface area contributed by atoms with Gasteiger partial charge in [0.2, 0.25) is 0 Å². The average Bonchev–Trinajstić information content (AvgIpc) is 3.57. The van der Waals surface area contributed by atoms with E-state index in [0.717, 1.165) is 5.56 Å². The molecule has 0 radical (unpaired) electrons. The summed E-state index contributed by atoms with van der Waals surface area (Å²) < 4.78 is 14.1. The second-order valence-electron chi connectivity index (χ2n) is 7.50. The topological polar surface area (TPSA) is 159 Å². The molecule has 0 fully saturated rings. The summed E-state index contributed by atoms with van der Waals surface area (Å²) in [6.07, 6.45) is 4.80. The van der Waals surface area contributed by atoms with Crippen molar-refractivity contribution in [2.24, 2.45) is 14.1 Å². The number of carbonyl (C=O) groups excluding carboxylic acids is 2. The number of nitrogens with one attached hydrogen (secondary N) is 2. The summed E-state index contributed by atoms with van der Waals surface area (Å²) in [5.74, 6) is -0.191. The maximum absolute atomic E-state index is 12.7. The lowest BCUT2D eigenvalue weighted by Crippen LogP contribution is -2.26. The monoisotopic (exact) mass is 479 g/mol. The Hall–Kier alpha value is -4.94. The molecule has 0 saturated heterocycles. The summed E-state index contributed by atoms with van der Waals surface area (Å²) in [6.45, 7) is 0.279. The molecule has 0 atom stereocenters. The SMILES string of the molecule is Cn1cc(CNC(=O)c2c(NC(=O)c3ccc(COc4ccc([N+](=O)[O-])cc4)o3)cnn2C)cn1. The predicted octanol–water partition coefficient (Wildman–Crippen LogP) is 2.42. The van der Waals surface area contributed by atoms with Crippen LogP contribution in [0.4, 0.5) is 11.4 Å². The lowest BCUT2D eigenvalue weighted by Gasteiger charge is -2.08. The molecule has 0 saturated carbocycles. The summed E-state index contributed by atoms with van der Waals surface area (Å²) in [5, 5.41) is 24.2. The Labute approximate surface area is 198 Å². The number of hydrogen-bond donors (Lipinski definition) is 2. The van der Waals surface area contributed by atoms with Gasteiger partial charge in [-0.2, -0.15) is 10.2 Å². The van der Waals surface area contributed by atoms with Crippen molar-refractivity contribution in [3.8, 4) is 5.75 Å². The number of rotatable bonds is 9. The third-order valence-electron chi connectivity index (χ3n) is 4.93. The number of amides is 2. The first-order chi connectivity index (χ1) is 16.8. The maximum atomic E-state index is 12.7. The van der Waals surface area contributed by atoms with Gasteiger partial charge in [0.1, 0.15) is 23.8 Å². The van der Waals surface area contributed by atoms with Crippen LogP contribution in [-0.4, -0.2) is 36.3 Å². The summed E-state index contributed by atoms with van der Waals surface area (Å²) in [5.41, 5.74) is 1.18. The van der Waals surface area contributed by atoms with E-state index in [1.165, 1.54) is 41.2 Å². The fourth-order valence-corrected chi connectivity index (χ4v) is 3.21. The van der Waals surface area contributed by atoms with Gasteiger partial charge >= 0.3 is 0 Å². The third-order valence-corrected chi connectivity index (χ3v) is 4.93. The molecule has 4 aromatic rings. The van der Waals surface area contributed by atoms with E-state index in [4.69, 9.17) is 9.15 Å². The molecule has 0 aliphatic carbocycles. The predicted molar refractivity (Wildman–Crippen MR) is 122 cm³/mol. The van der Waals surface area contributed by atoms with E-state index in [-0.39, 0.29) is 36.0 Å². The fraction of sp³-hybridized carbons (Fsp3) is 0.182. The van der Waals surface area contributed by atoms with Gasteiger partial charge in [-0.25, -0.2) is 0 Å². The molecule has 0 bridgehead atoms. The number of hydrogen-bond acceptors (Lipinski definition) is 8. The first-order valence-electron chi connectivity index (χ1n) is 10.3. The van der Waals surface area contributed by atoms with Crippen molar-refractivity contribution < 1.29 is 23.7 Å². The number of nitro groups is 1. The quantitative estimate of drug-likeness (QED) is 0.273. The van der Waals surface area contributed by atoms with Crippen molar-refractivity contribution in [1.29, 1.82) is 0 Å². The molecule has 180 valence electrons. The molecule has 4 rings (SSSR count). The number of anilines is 1. The molecule has 2 N–H and O–H groups in total. The molecular weight excluding hydrogens is 458 g/mol. The van der Waals surface area contributed by atoms with E-state index in [9.17, 15) is 19.7 Å². The van der Waals surface area contributed by atoms with Crippen molar-refractivity contribution in [3.05, 3.63) is 87.9 Å². The molecule has 0 unspecified atom stereocenters. The zero-order valence-corrected chi connectivity index (χ0v) is 18.8. The minimum Gasteiger partial charge on any atom is -0.486 e. The van der Waals surface area contributed by atoms with Crippen LogP contribution in [0.15, 0.2) is 59.4 Å². The molecule has 13 heteroatoms. The molecule has 3 heterocycles. The number of ether oxygens (including phenoxy) is 1. The smallest absolute Gasteiger partial charge is 0.291 e. The second-order valence-corrected chi connectivity index (χ2v) is 7.50. The van der Waals surface area contributed by atoms with Gasteiger partial charge in [-0.05, 0) is 24.3 Å². The van der Waals surface area contributed by atoms with E-state index in [1.54, 1.807) is 37.2 Å². The highest BCUT2D eigenvalue weighted by atomic mass is 16.6. The molecule has 1 aromatic carbocycles. The van der Waals surface area contributed by atoms with Crippen LogP contribution in [0.5, 0.6) is 5.75 Å². The highest BCUT2D eigenvalue weighted by Gasteiger charge is 2.21. The molecule has 0 aliphatic heterocycles. The Kier molecular flexibility index (Phi) is 6.57. The Morgan fingerprint density at radius 3 is 2.54 bits per heavy atom. The van der Waals surface area contributed by atoms with Gasteiger partial charge in [0.15, 0.2) is 5.76 Å². The van der Waals surface area contributed by atoms with Gasteiger partial charge in [0, 0.05) is 44.5 Å². The minimum atomic E-state index is -0.569. The maximum Gasteiger partial charge on any atom is 0.291 e. The van der Waals surface area contributed by atoms with Crippen LogP contribution in [0.25, 0.3) is 0 Å². The van der Waals surface area contributed by atoms with Crippen LogP contribution in [-0.2, 0) is 27.2 Å². The van der Waals surface area contributed by atoms with Crippen molar-refractivity contribution >= 4 is 23.2 Å². The number of benzene rings is 1. The Balaban J connectivity index is 1.36. The van der Waals surface area contributed by atoms with Gasteiger partial charge in [0.25, 0.3) is 17.5 Å². The summed E-state index contributed by atoms with van der Waals surface area (Å²) in [4.78, 5) is 35.6. The van der Waals surface area contributed by atoms with E-state index < -0.39 is 16.7 Å². The highest BCUT2D eigenvalue weighted by Crippen LogP contribution is 2.20. The number of carbonyl (C=O) groups is 2. The van der Waals surface area contributed by atoms with Crippen LogP contribution in [0.2, 0.25) is 0 Å². The number of nitrogens with zero attached hydrogens (tertiary/aromatic N) is 5. The van der Waals surface area contributed by atoms with Crippen LogP contribution in [0, 0.1) is 10.1 Å². The van der Waals surface area contributed by atoms with Crippen LogP contribution < -0.4 is 15.4 Å². The van der Waals surface area contributed by atoms with Crippen molar-refractivity contribution in [1.82, 2.24) is 24.9 Å². The molecule has 35 heavy (non-hydrogen) atoms. The Morgan fingerprint density at radius 1 is 1.09 bits per heavy atom. The fourth-order valence-electron chi connectivity index (χ4n) is 3.21. The number of furan rings is 1. The largest absolute Gasteiger partial charge is 0.486 e. The first-order valence-corrected chi connectivity index (χ1v) is 10.3. The van der Waals surface area contributed by atoms with E-state index >= 15 is 0 Å². The third kappa shape index (κ3) is 5.52. The van der Waals surface area contributed by atoms with Crippen molar-refractivity contribution in [2.45, 2.75) is 13.2 Å². The lowest BCUT2D eigenvalue weighted by atomic mass is 10.3. The minimum absolute atomic E-state index is 0.0119. The number of aromatic nitrogens is 4. The molecule has 0 spiro atoms. The number of aryl methyl sites for hydroxylation is 2. The highest BCUT2D eigenvalue weighted by molar-refractivity contribution is 6.07. The molecular formula is C22H21N7O6. The summed E-state index contributed by atoms with van der Waals surface area (Å²) in [7, 11) is 3.37. The first kappa shape index (κ1) is 23.2. The van der Waals surface area contributed by atoms with Crippen LogP contribution in [0.3, 0.4) is 0 Å². The number of nitro benzene ring substituents is 1. The molecule has 0 aliphatic rings. The van der Waals surface area contributed by atoms with Crippen molar-refractivity contribution in [2.75, 3.05) is 5.32 Å². The lowest BCUT2D eigenvalue weighted by molar-refractivity contribution is -0.384. The normalized spacial score (nSPS) is 10.7. The Morgan fingerprint density at radius 2 is 1.86 bits per heavy atom. The van der Waals surface area contributed by atoms with E-state index in [1.807, 2.05) is 0 Å². The van der Waals surface area contributed by atoms with E-state index in [0.29, 0.717) is 11.5 Å².